The van der Waals surface area contributed by atoms with Gasteiger partial charge in [0, 0.05) is 0 Å². The predicted molar refractivity (Wildman–Crippen MR) is 66.1 cm³/mol. The summed E-state index contributed by atoms with van der Waals surface area (Å²) in [5.41, 5.74) is 0.749. The van der Waals surface area contributed by atoms with Crippen molar-refractivity contribution in [2.24, 2.45) is 0 Å². The van der Waals surface area contributed by atoms with E-state index >= 15 is 0 Å². The highest BCUT2D eigenvalue weighted by molar-refractivity contribution is 5.56. The molecule has 0 aliphatic rings. The second-order valence-corrected chi connectivity index (χ2v) is 4.04. The number of halogens is 1. The van der Waals surface area contributed by atoms with E-state index in [2.05, 4.69) is 25.3 Å². The molecule has 3 rings (SSSR count). The maximum atomic E-state index is 12.8. The zero-order valence-electron chi connectivity index (χ0n) is 10.3. The summed E-state index contributed by atoms with van der Waals surface area (Å²) in [4.78, 5) is 19.6. The fourth-order valence-electron chi connectivity index (χ4n) is 1.61. The van der Waals surface area contributed by atoms with E-state index in [1.807, 2.05) is 0 Å². The van der Waals surface area contributed by atoms with Crippen LogP contribution in [0.3, 0.4) is 0 Å². The number of aryl methyl sites for hydroxylation is 1. The summed E-state index contributed by atoms with van der Waals surface area (Å²) in [6.07, 6.45) is 1.05. The number of nitrogens with one attached hydrogen (secondary N) is 1. The molecule has 8 heteroatoms. The highest BCUT2D eigenvalue weighted by Gasteiger charge is 2.15. The van der Waals surface area contributed by atoms with Gasteiger partial charge in [-0.05, 0) is 25.1 Å². The van der Waals surface area contributed by atoms with Gasteiger partial charge < -0.3 is 4.52 Å². The molecule has 0 fully saturated rings. The fraction of sp³-hybridized carbons (Fsp3) is 0.0833. The van der Waals surface area contributed by atoms with Crippen LogP contribution in [-0.4, -0.2) is 25.3 Å². The minimum absolute atomic E-state index is 0.0536. The van der Waals surface area contributed by atoms with Crippen molar-refractivity contribution in [1.82, 2.24) is 25.3 Å². The molecule has 3 aromatic heterocycles. The van der Waals surface area contributed by atoms with Gasteiger partial charge in [0.2, 0.25) is 5.82 Å². The Morgan fingerprint density at radius 3 is 2.95 bits per heavy atom. The standard InChI is InChI=1S/C12H8FN5O2/c1-6-4-8(11(19)17-16-6)12-15-10(18-20-12)9-3-2-7(13)5-14-9/h2-5H,1H3,(H,17,19). The molecule has 0 aliphatic heterocycles. The molecule has 0 saturated carbocycles. The second kappa shape index (κ2) is 4.65. The fourth-order valence-corrected chi connectivity index (χ4v) is 1.61. The van der Waals surface area contributed by atoms with Crippen molar-refractivity contribution < 1.29 is 8.91 Å². The minimum atomic E-state index is -0.460. The Morgan fingerprint density at radius 2 is 2.20 bits per heavy atom. The Labute approximate surface area is 111 Å². The lowest BCUT2D eigenvalue weighted by atomic mass is 10.2. The van der Waals surface area contributed by atoms with Crippen molar-refractivity contribution in [3.63, 3.8) is 0 Å². The third kappa shape index (κ3) is 2.18. The summed E-state index contributed by atoms with van der Waals surface area (Å²) >= 11 is 0. The number of nitrogens with zero attached hydrogens (tertiary/aromatic N) is 4. The smallest absolute Gasteiger partial charge is 0.277 e. The van der Waals surface area contributed by atoms with Gasteiger partial charge in [0.05, 0.1) is 11.9 Å². The third-order valence-corrected chi connectivity index (χ3v) is 2.54. The Hall–Kier alpha value is -2.90. The van der Waals surface area contributed by atoms with Crippen LogP contribution in [0.15, 0.2) is 33.7 Å². The number of pyridine rings is 1. The first-order chi connectivity index (χ1) is 9.63. The zero-order chi connectivity index (χ0) is 14.1. The SMILES string of the molecule is Cc1cc(-c2nc(-c3ccc(F)cn3)no2)c(=O)[nH]n1. The molecule has 0 aliphatic carbocycles. The molecule has 7 nitrogen and oxygen atoms in total. The van der Waals surface area contributed by atoms with Crippen molar-refractivity contribution in [3.8, 4) is 23.0 Å². The number of hydrogen-bond donors (Lipinski definition) is 1. The van der Waals surface area contributed by atoms with Crippen molar-refractivity contribution in [2.45, 2.75) is 6.92 Å². The Bertz CT molecular complexity index is 809. The van der Waals surface area contributed by atoms with E-state index in [-0.39, 0.29) is 17.3 Å². The molecule has 0 bridgehead atoms. The molecule has 20 heavy (non-hydrogen) atoms. The lowest BCUT2D eigenvalue weighted by Gasteiger charge is -1.94. The second-order valence-electron chi connectivity index (χ2n) is 4.04. The summed E-state index contributed by atoms with van der Waals surface area (Å²) in [5.74, 6) is -0.231. The molecule has 1 N–H and O–H groups in total. The van der Waals surface area contributed by atoms with Crippen LogP contribution in [0.2, 0.25) is 0 Å². The normalized spacial score (nSPS) is 10.7. The molecule has 0 amide bonds. The highest BCUT2D eigenvalue weighted by Crippen LogP contribution is 2.18. The first-order valence-corrected chi connectivity index (χ1v) is 5.66. The zero-order valence-corrected chi connectivity index (χ0v) is 10.3. The Balaban J connectivity index is 2.04. The summed E-state index contributed by atoms with van der Waals surface area (Å²) in [6.45, 7) is 1.72. The molecule has 0 unspecified atom stereocenters. The molecular weight excluding hydrogens is 265 g/mol. The summed E-state index contributed by atoms with van der Waals surface area (Å²) in [6, 6.07) is 4.20. The van der Waals surface area contributed by atoms with E-state index in [0.29, 0.717) is 11.4 Å². The molecule has 0 atom stereocenters. The van der Waals surface area contributed by atoms with Gasteiger partial charge in [-0.15, -0.1) is 0 Å². The van der Waals surface area contributed by atoms with Crippen molar-refractivity contribution in [2.75, 3.05) is 0 Å². The van der Waals surface area contributed by atoms with Crippen LogP contribution in [0.25, 0.3) is 23.0 Å². The number of aromatic nitrogens is 5. The quantitative estimate of drug-likeness (QED) is 0.756. The van der Waals surface area contributed by atoms with E-state index in [9.17, 15) is 9.18 Å². The lowest BCUT2D eigenvalue weighted by Crippen LogP contribution is -2.11. The summed E-state index contributed by atoms with van der Waals surface area (Å²) < 4.78 is 17.8. The van der Waals surface area contributed by atoms with Gasteiger partial charge in [0.15, 0.2) is 0 Å². The van der Waals surface area contributed by atoms with Crippen LogP contribution in [-0.2, 0) is 0 Å². The molecule has 0 saturated heterocycles. The average Bonchev–Trinajstić information content (AvgIpc) is 2.92. The molecular formula is C12H8FN5O2. The molecule has 0 aromatic carbocycles. The number of rotatable bonds is 2. The number of H-pyrrole nitrogens is 1. The predicted octanol–water partition coefficient (Wildman–Crippen LogP) is 1.33. The van der Waals surface area contributed by atoms with Crippen LogP contribution in [0.4, 0.5) is 4.39 Å². The van der Waals surface area contributed by atoms with E-state index in [4.69, 9.17) is 4.52 Å². The Kier molecular flexibility index (Phi) is 2.82. The van der Waals surface area contributed by atoms with Crippen LogP contribution in [0, 0.1) is 12.7 Å². The minimum Gasteiger partial charge on any atom is -0.333 e. The first kappa shape index (κ1) is 12.2. The van der Waals surface area contributed by atoms with Crippen molar-refractivity contribution in [3.05, 3.63) is 46.3 Å². The van der Waals surface area contributed by atoms with Gasteiger partial charge in [0.25, 0.3) is 11.4 Å². The lowest BCUT2D eigenvalue weighted by molar-refractivity contribution is 0.431. The molecule has 0 spiro atoms. The third-order valence-electron chi connectivity index (χ3n) is 2.54. The maximum Gasteiger partial charge on any atom is 0.277 e. The van der Waals surface area contributed by atoms with Gasteiger partial charge in [0.1, 0.15) is 17.1 Å². The first-order valence-electron chi connectivity index (χ1n) is 5.66. The molecule has 100 valence electrons. The highest BCUT2D eigenvalue weighted by atomic mass is 19.1. The van der Waals surface area contributed by atoms with Gasteiger partial charge in [-0.1, -0.05) is 5.16 Å². The van der Waals surface area contributed by atoms with Gasteiger partial charge in [-0.25, -0.2) is 14.5 Å². The molecule has 3 aromatic rings. The van der Waals surface area contributed by atoms with Crippen LogP contribution in [0.5, 0.6) is 0 Å². The molecule has 0 radical (unpaired) electrons. The van der Waals surface area contributed by atoms with Gasteiger partial charge in [-0.3, -0.25) is 4.79 Å². The summed E-state index contributed by atoms with van der Waals surface area (Å²) in [7, 11) is 0. The van der Waals surface area contributed by atoms with Gasteiger partial charge in [-0.2, -0.15) is 10.1 Å². The van der Waals surface area contributed by atoms with Gasteiger partial charge >= 0.3 is 0 Å². The van der Waals surface area contributed by atoms with Crippen molar-refractivity contribution in [1.29, 1.82) is 0 Å². The number of aromatic amines is 1. The van der Waals surface area contributed by atoms with Crippen LogP contribution >= 0.6 is 0 Å². The van der Waals surface area contributed by atoms with E-state index in [0.717, 1.165) is 6.20 Å². The summed E-state index contributed by atoms with van der Waals surface area (Å²) in [5, 5.41) is 9.80. The monoisotopic (exact) mass is 273 g/mol. The molecule has 3 heterocycles. The van der Waals surface area contributed by atoms with Crippen LogP contribution < -0.4 is 5.56 Å². The van der Waals surface area contributed by atoms with Crippen LogP contribution in [0.1, 0.15) is 5.69 Å². The van der Waals surface area contributed by atoms with E-state index < -0.39 is 11.4 Å². The average molecular weight is 273 g/mol. The van der Waals surface area contributed by atoms with E-state index in [1.165, 1.54) is 18.2 Å². The Morgan fingerprint density at radius 1 is 1.35 bits per heavy atom. The topological polar surface area (TPSA) is 97.6 Å². The van der Waals surface area contributed by atoms with Crippen molar-refractivity contribution >= 4 is 0 Å². The number of hydrogen-bond acceptors (Lipinski definition) is 6. The maximum absolute atomic E-state index is 12.8. The van der Waals surface area contributed by atoms with E-state index in [1.54, 1.807) is 6.92 Å². The largest absolute Gasteiger partial charge is 0.333 e.